The molecule has 0 unspecified atom stereocenters. The number of nitrogens with zero attached hydrogens (tertiary/aromatic N) is 3. The van der Waals surface area contributed by atoms with Crippen LogP contribution in [0.5, 0.6) is 0 Å². The van der Waals surface area contributed by atoms with E-state index in [1.807, 2.05) is 6.07 Å². The Morgan fingerprint density at radius 1 is 1.55 bits per heavy atom. The Hall–Kier alpha value is -1.82. The second-order valence-electron chi connectivity index (χ2n) is 2.10. The van der Waals surface area contributed by atoms with Gasteiger partial charge in [0.15, 0.2) is 0 Å². The van der Waals surface area contributed by atoms with Crippen molar-refractivity contribution in [3.8, 4) is 6.07 Å². The zero-order chi connectivity index (χ0) is 7.68. The van der Waals surface area contributed by atoms with Gasteiger partial charge in [-0.2, -0.15) is 10.4 Å². The predicted octanol–water partition coefficient (Wildman–Crippen LogP) is 1.01. The summed E-state index contributed by atoms with van der Waals surface area (Å²) in [6, 6.07) is 10.2. The molecule has 0 fully saturated rings. The van der Waals surface area contributed by atoms with Crippen LogP contribution in [0.1, 0.15) is 5.69 Å². The summed E-state index contributed by atoms with van der Waals surface area (Å²) in [5.74, 6) is 0. The summed E-state index contributed by atoms with van der Waals surface area (Å²) < 4.78 is 1.56. The van der Waals surface area contributed by atoms with Crippen molar-refractivity contribution in [2.24, 2.45) is 0 Å². The van der Waals surface area contributed by atoms with Crippen LogP contribution < -0.4 is 0 Å². The third kappa shape index (κ3) is 0.767. The van der Waals surface area contributed by atoms with Crippen molar-refractivity contribution in [3.63, 3.8) is 0 Å². The summed E-state index contributed by atoms with van der Waals surface area (Å²) in [4.78, 5) is 0. The highest BCUT2D eigenvalue weighted by Crippen LogP contribution is 2.03. The zero-order valence-corrected chi connectivity index (χ0v) is 5.65. The summed E-state index contributed by atoms with van der Waals surface area (Å²) in [6.07, 6.45) is 1.65. The summed E-state index contributed by atoms with van der Waals surface area (Å²) in [5, 5.41) is 12.6. The van der Waals surface area contributed by atoms with E-state index in [0.717, 1.165) is 5.52 Å². The van der Waals surface area contributed by atoms with Crippen molar-refractivity contribution in [1.82, 2.24) is 9.61 Å². The summed E-state index contributed by atoms with van der Waals surface area (Å²) in [6.45, 7) is 0. The van der Waals surface area contributed by atoms with Crippen LogP contribution >= 0.6 is 0 Å². The fourth-order valence-electron chi connectivity index (χ4n) is 0.966. The van der Waals surface area contributed by atoms with Gasteiger partial charge in [-0.3, -0.25) is 0 Å². The summed E-state index contributed by atoms with van der Waals surface area (Å²) in [5.41, 5.74) is 1.35. The van der Waals surface area contributed by atoms with E-state index in [1.165, 1.54) is 0 Å². The van der Waals surface area contributed by atoms with Crippen molar-refractivity contribution in [2.75, 3.05) is 0 Å². The van der Waals surface area contributed by atoms with Crippen molar-refractivity contribution < 1.29 is 0 Å². The molecule has 0 amide bonds. The van der Waals surface area contributed by atoms with Gasteiger partial charge in [0.1, 0.15) is 11.8 Å². The maximum atomic E-state index is 8.63. The minimum Gasteiger partial charge on any atom is -0.222 e. The van der Waals surface area contributed by atoms with E-state index < -0.39 is 0 Å². The zero-order valence-electron chi connectivity index (χ0n) is 5.65. The van der Waals surface area contributed by atoms with Crippen LogP contribution in [0.25, 0.3) is 5.52 Å². The molecule has 0 saturated heterocycles. The molecule has 0 bridgehead atoms. The first-order valence-electron chi connectivity index (χ1n) is 3.16. The van der Waals surface area contributed by atoms with Gasteiger partial charge in [-0.05, 0) is 18.2 Å². The smallest absolute Gasteiger partial charge is 0.142 e. The highest BCUT2D eigenvalue weighted by molar-refractivity contribution is 5.46. The number of pyridine rings is 1. The molecule has 51 valence electrons. The standard InChI is InChI=1S/C8H4N3/c9-6-8-3-1-2-7-4-5-10-11(7)8/h1,3-5H. The Kier molecular flexibility index (Phi) is 1.13. The molecule has 2 aromatic heterocycles. The molecular weight excluding hydrogens is 138 g/mol. The molecule has 2 heterocycles. The number of hydrogen-bond acceptors (Lipinski definition) is 2. The fraction of sp³-hybridized carbons (Fsp3) is 0. The monoisotopic (exact) mass is 142 g/mol. The van der Waals surface area contributed by atoms with Gasteiger partial charge in [0, 0.05) is 6.07 Å². The first-order valence-corrected chi connectivity index (χ1v) is 3.16. The highest BCUT2D eigenvalue weighted by atomic mass is 15.2. The molecule has 2 rings (SSSR count). The molecule has 0 atom stereocenters. The topological polar surface area (TPSA) is 41.1 Å². The highest BCUT2D eigenvalue weighted by Gasteiger charge is 1.97. The van der Waals surface area contributed by atoms with E-state index >= 15 is 0 Å². The Morgan fingerprint density at radius 3 is 3.27 bits per heavy atom. The first-order chi connectivity index (χ1) is 5.42. The summed E-state index contributed by atoms with van der Waals surface area (Å²) in [7, 11) is 0. The normalized spacial score (nSPS) is 9.73. The molecule has 0 saturated carbocycles. The molecule has 0 aliphatic heterocycles. The van der Waals surface area contributed by atoms with E-state index in [4.69, 9.17) is 5.26 Å². The quantitative estimate of drug-likeness (QED) is 0.550. The molecule has 2 aromatic rings. The molecule has 1 radical (unpaired) electrons. The second-order valence-corrected chi connectivity index (χ2v) is 2.10. The predicted molar refractivity (Wildman–Crippen MR) is 38.7 cm³/mol. The Labute approximate surface area is 63.5 Å². The molecule has 3 nitrogen and oxygen atoms in total. The lowest BCUT2D eigenvalue weighted by atomic mass is 10.3. The Morgan fingerprint density at radius 2 is 2.45 bits per heavy atom. The maximum absolute atomic E-state index is 8.63. The Balaban J connectivity index is 2.92. The van der Waals surface area contributed by atoms with Crippen molar-refractivity contribution in [1.29, 1.82) is 5.26 Å². The van der Waals surface area contributed by atoms with Gasteiger partial charge >= 0.3 is 0 Å². The van der Waals surface area contributed by atoms with E-state index in [-0.39, 0.29) is 0 Å². The first kappa shape index (κ1) is 5.93. The number of rotatable bonds is 0. The van der Waals surface area contributed by atoms with Crippen LogP contribution in [0, 0.1) is 17.4 Å². The molecule has 3 heteroatoms. The average Bonchev–Trinajstić information content (AvgIpc) is 2.50. The average molecular weight is 142 g/mol. The third-order valence-electron chi connectivity index (χ3n) is 1.46. The fourth-order valence-corrected chi connectivity index (χ4v) is 0.966. The lowest BCUT2D eigenvalue weighted by Crippen LogP contribution is -1.91. The van der Waals surface area contributed by atoms with Crippen LogP contribution in [0.4, 0.5) is 0 Å². The number of hydrogen-bond donors (Lipinski definition) is 0. The molecule has 0 aliphatic rings. The molecule has 0 spiro atoms. The van der Waals surface area contributed by atoms with Crippen LogP contribution in [-0.4, -0.2) is 9.61 Å². The van der Waals surface area contributed by atoms with E-state index in [0.29, 0.717) is 5.69 Å². The van der Waals surface area contributed by atoms with Crippen molar-refractivity contribution in [3.05, 3.63) is 36.2 Å². The third-order valence-corrected chi connectivity index (χ3v) is 1.46. The maximum Gasteiger partial charge on any atom is 0.142 e. The van der Waals surface area contributed by atoms with Crippen molar-refractivity contribution >= 4 is 5.52 Å². The SMILES string of the molecule is N#Cc1cc[c]c2ccnn12. The van der Waals surface area contributed by atoms with E-state index in [9.17, 15) is 0 Å². The van der Waals surface area contributed by atoms with Crippen LogP contribution in [0.2, 0.25) is 0 Å². The second kappa shape index (κ2) is 2.10. The largest absolute Gasteiger partial charge is 0.222 e. The molecular formula is C8H4N3. The van der Waals surface area contributed by atoms with Gasteiger partial charge in [0.25, 0.3) is 0 Å². The molecule has 0 N–H and O–H groups in total. The lowest BCUT2D eigenvalue weighted by Gasteiger charge is -1.92. The molecule has 0 aliphatic carbocycles. The van der Waals surface area contributed by atoms with Gasteiger partial charge in [-0.15, -0.1) is 0 Å². The van der Waals surface area contributed by atoms with Gasteiger partial charge in [-0.25, -0.2) is 4.52 Å². The van der Waals surface area contributed by atoms with Crippen LogP contribution in [-0.2, 0) is 0 Å². The number of nitriles is 1. The van der Waals surface area contributed by atoms with Gasteiger partial charge in [-0.1, -0.05) is 0 Å². The van der Waals surface area contributed by atoms with Gasteiger partial charge in [0.05, 0.1) is 11.7 Å². The minimum atomic E-state index is 0.531. The Bertz CT molecular complexity index is 422. The van der Waals surface area contributed by atoms with Gasteiger partial charge in [0.2, 0.25) is 0 Å². The van der Waals surface area contributed by atoms with E-state index in [1.54, 1.807) is 28.9 Å². The number of fused-ring (bicyclic) bond motifs is 1. The molecule has 0 aromatic carbocycles. The lowest BCUT2D eigenvalue weighted by molar-refractivity contribution is 0.940. The number of aromatic nitrogens is 2. The summed E-state index contributed by atoms with van der Waals surface area (Å²) >= 11 is 0. The van der Waals surface area contributed by atoms with Gasteiger partial charge < -0.3 is 0 Å². The minimum absolute atomic E-state index is 0.531. The molecule has 11 heavy (non-hydrogen) atoms. The van der Waals surface area contributed by atoms with Crippen molar-refractivity contribution in [2.45, 2.75) is 0 Å². The van der Waals surface area contributed by atoms with E-state index in [2.05, 4.69) is 11.2 Å². The van der Waals surface area contributed by atoms with Crippen LogP contribution in [0.3, 0.4) is 0 Å². The van der Waals surface area contributed by atoms with Crippen LogP contribution in [0.15, 0.2) is 24.4 Å².